The van der Waals surface area contributed by atoms with Crippen LogP contribution in [0.4, 0.5) is 18.9 Å². The first-order valence-electron chi connectivity index (χ1n) is 5.16. The lowest BCUT2D eigenvalue weighted by atomic mass is 10.0. The monoisotopic (exact) mass is 310 g/mol. The van der Waals surface area contributed by atoms with Crippen molar-refractivity contribution >= 4 is 29.2 Å². The molecule has 0 aliphatic carbocycles. The number of hydrogen-bond donors (Lipinski definition) is 3. The van der Waals surface area contributed by atoms with Gasteiger partial charge in [-0.1, -0.05) is 11.6 Å². The number of halogens is 4. The van der Waals surface area contributed by atoms with Gasteiger partial charge in [0.15, 0.2) is 5.54 Å². The molecule has 9 heteroatoms. The Morgan fingerprint density at radius 1 is 1.35 bits per heavy atom. The molecule has 0 heterocycles. The van der Waals surface area contributed by atoms with E-state index in [1.54, 1.807) is 0 Å². The maximum Gasteiger partial charge on any atom is 0.415 e. The number of nitrogens with one attached hydrogen (secondary N) is 1. The molecule has 1 aromatic rings. The number of nitrogens with two attached hydrogens (primary N) is 1. The number of carbonyl (C=O) groups is 2. The summed E-state index contributed by atoms with van der Waals surface area (Å²) in [6.45, 7) is 0.510. The number of benzene rings is 1. The molecule has 110 valence electrons. The largest absolute Gasteiger partial charge is 0.478 e. The van der Waals surface area contributed by atoms with Crippen molar-refractivity contribution < 1.29 is 27.9 Å². The van der Waals surface area contributed by atoms with E-state index < -0.39 is 23.6 Å². The van der Waals surface area contributed by atoms with E-state index in [2.05, 4.69) is 0 Å². The number of aromatic carboxylic acids is 1. The summed E-state index contributed by atoms with van der Waals surface area (Å²) in [5.74, 6) is -2.89. The Bertz CT molecular complexity index is 558. The first kappa shape index (κ1) is 16.3. The number of alkyl halides is 3. The molecule has 0 aromatic heterocycles. The fourth-order valence-electron chi connectivity index (χ4n) is 1.16. The number of anilines is 1. The normalized spacial score (nSPS) is 14.5. The third-order valence-electron chi connectivity index (χ3n) is 2.52. The standard InChI is InChI=1S/C11H10ClF3N2O3/c1-10(16,11(13,14)15)9(20)17-5-2-3-7(12)6(4-5)8(18)19/h2-4H,16H2,1H3,(H,17,20)(H,18,19). The summed E-state index contributed by atoms with van der Waals surface area (Å²) in [6, 6.07) is 3.25. The molecule has 1 rings (SSSR count). The lowest BCUT2D eigenvalue weighted by Crippen LogP contribution is -2.59. The van der Waals surface area contributed by atoms with Crippen LogP contribution in [0.1, 0.15) is 17.3 Å². The maximum absolute atomic E-state index is 12.6. The number of amides is 1. The van der Waals surface area contributed by atoms with E-state index in [9.17, 15) is 22.8 Å². The van der Waals surface area contributed by atoms with Crippen molar-refractivity contribution in [2.45, 2.75) is 18.6 Å². The van der Waals surface area contributed by atoms with E-state index in [0.29, 0.717) is 6.92 Å². The van der Waals surface area contributed by atoms with Crippen LogP contribution < -0.4 is 11.1 Å². The van der Waals surface area contributed by atoms with Gasteiger partial charge in [0.05, 0.1) is 10.6 Å². The summed E-state index contributed by atoms with van der Waals surface area (Å²) in [4.78, 5) is 22.3. The molecule has 0 aliphatic heterocycles. The van der Waals surface area contributed by atoms with E-state index in [1.165, 1.54) is 6.07 Å². The quantitative estimate of drug-likeness (QED) is 0.798. The molecular weight excluding hydrogens is 301 g/mol. The first-order valence-corrected chi connectivity index (χ1v) is 5.54. The van der Waals surface area contributed by atoms with Gasteiger partial charge in [0.1, 0.15) is 0 Å². The molecule has 20 heavy (non-hydrogen) atoms. The van der Waals surface area contributed by atoms with Crippen LogP contribution >= 0.6 is 11.6 Å². The van der Waals surface area contributed by atoms with Gasteiger partial charge in [0.2, 0.25) is 0 Å². The average molecular weight is 311 g/mol. The summed E-state index contributed by atoms with van der Waals surface area (Å²) in [7, 11) is 0. The second-order valence-corrected chi connectivity index (χ2v) is 4.56. The summed E-state index contributed by atoms with van der Waals surface area (Å²) in [5, 5.41) is 10.6. The van der Waals surface area contributed by atoms with E-state index in [0.717, 1.165) is 12.1 Å². The van der Waals surface area contributed by atoms with Gasteiger partial charge >= 0.3 is 12.1 Å². The van der Waals surface area contributed by atoms with Crippen molar-refractivity contribution in [2.24, 2.45) is 5.73 Å². The molecule has 0 bridgehead atoms. The van der Waals surface area contributed by atoms with Crippen LogP contribution in [-0.2, 0) is 4.79 Å². The van der Waals surface area contributed by atoms with Crippen LogP contribution in [0.3, 0.4) is 0 Å². The third-order valence-corrected chi connectivity index (χ3v) is 2.84. The van der Waals surface area contributed by atoms with Crippen LogP contribution in [0.25, 0.3) is 0 Å². The third kappa shape index (κ3) is 3.20. The fourth-order valence-corrected chi connectivity index (χ4v) is 1.35. The van der Waals surface area contributed by atoms with Crippen molar-refractivity contribution in [3.05, 3.63) is 28.8 Å². The Morgan fingerprint density at radius 3 is 2.35 bits per heavy atom. The minimum Gasteiger partial charge on any atom is -0.478 e. The minimum atomic E-state index is -4.95. The topological polar surface area (TPSA) is 92.4 Å². The Labute approximate surface area is 116 Å². The van der Waals surface area contributed by atoms with Crippen LogP contribution in [0.5, 0.6) is 0 Å². The molecule has 0 spiro atoms. The number of rotatable bonds is 3. The van der Waals surface area contributed by atoms with E-state index in [-0.39, 0.29) is 16.3 Å². The molecule has 0 saturated carbocycles. The van der Waals surface area contributed by atoms with E-state index >= 15 is 0 Å². The van der Waals surface area contributed by atoms with Gasteiger partial charge < -0.3 is 16.2 Å². The van der Waals surface area contributed by atoms with E-state index in [1.807, 2.05) is 5.32 Å². The summed E-state index contributed by atoms with van der Waals surface area (Å²) < 4.78 is 37.7. The van der Waals surface area contributed by atoms with Crippen LogP contribution in [0, 0.1) is 0 Å². The number of carbonyl (C=O) groups excluding carboxylic acids is 1. The molecule has 0 fully saturated rings. The molecule has 1 atom stereocenters. The van der Waals surface area contributed by atoms with Gasteiger partial charge in [-0.15, -0.1) is 0 Å². The van der Waals surface area contributed by atoms with Gasteiger partial charge in [-0.25, -0.2) is 4.79 Å². The first-order chi connectivity index (χ1) is 8.96. The van der Waals surface area contributed by atoms with Crippen LogP contribution in [0.15, 0.2) is 18.2 Å². The molecule has 1 amide bonds. The number of carboxylic acid groups (broad SMARTS) is 1. The molecule has 5 nitrogen and oxygen atoms in total. The molecule has 0 aliphatic rings. The summed E-state index contributed by atoms with van der Waals surface area (Å²) in [6.07, 6.45) is -4.95. The van der Waals surface area contributed by atoms with Crippen molar-refractivity contribution in [3.63, 3.8) is 0 Å². The Morgan fingerprint density at radius 2 is 1.90 bits per heavy atom. The number of hydrogen-bond acceptors (Lipinski definition) is 3. The highest BCUT2D eigenvalue weighted by Crippen LogP contribution is 2.29. The van der Waals surface area contributed by atoms with Gasteiger partial charge in [0.25, 0.3) is 5.91 Å². The highest BCUT2D eigenvalue weighted by atomic mass is 35.5. The molecule has 0 saturated heterocycles. The van der Waals surface area contributed by atoms with Crippen molar-refractivity contribution in [2.75, 3.05) is 5.32 Å². The highest BCUT2D eigenvalue weighted by molar-refractivity contribution is 6.33. The van der Waals surface area contributed by atoms with Gasteiger partial charge in [-0.05, 0) is 25.1 Å². The predicted octanol–water partition coefficient (Wildman–Crippen LogP) is 2.26. The smallest absolute Gasteiger partial charge is 0.415 e. The molecule has 1 unspecified atom stereocenters. The molecular formula is C11H10ClF3N2O3. The lowest BCUT2D eigenvalue weighted by Gasteiger charge is -2.26. The average Bonchev–Trinajstić information content (AvgIpc) is 2.29. The van der Waals surface area contributed by atoms with Gasteiger partial charge in [0, 0.05) is 5.69 Å². The maximum atomic E-state index is 12.6. The lowest BCUT2D eigenvalue weighted by molar-refractivity contribution is -0.184. The van der Waals surface area contributed by atoms with Gasteiger partial charge in [-0.3, -0.25) is 4.79 Å². The zero-order chi connectivity index (χ0) is 15.7. The minimum absolute atomic E-state index is 0.109. The zero-order valence-corrected chi connectivity index (χ0v) is 10.8. The highest BCUT2D eigenvalue weighted by Gasteiger charge is 2.53. The van der Waals surface area contributed by atoms with Crippen LogP contribution in [0.2, 0.25) is 5.02 Å². The molecule has 0 radical (unpaired) electrons. The van der Waals surface area contributed by atoms with Crippen molar-refractivity contribution in [3.8, 4) is 0 Å². The second-order valence-electron chi connectivity index (χ2n) is 4.15. The van der Waals surface area contributed by atoms with Gasteiger partial charge in [-0.2, -0.15) is 13.2 Å². The predicted molar refractivity (Wildman–Crippen MR) is 65.7 cm³/mol. The second kappa shape index (κ2) is 5.29. The zero-order valence-electron chi connectivity index (χ0n) is 10.1. The summed E-state index contributed by atoms with van der Waals surface area (Å²) >= 11 is 5.59. The fraction of sp³-hybridized carbons (Fsp3) is 0.273. The van der Waals surface area contributed by atoms with Crippen molar-refractivity contribution in [1.82, 2.24) is 0 Å². The Balaban J connectivity index is 3.03. The number of carboxylic acids is 1. The van der Waals surface area contributed by atoms with Crippen LogP contribution in [-0.4, -0.2) is 28.7 Å². The molecule has 1 aromatic carbocycles. The van der Waals surface area contributed by atoms with Crippen molar-refractivity contribution in [1.29, 1.82) is 0 Å². The molecule has 4 N–H and O–H groups in total. The summed E-state index contributed by atoms with van der Waals surface area (Å²) in [5.41, 5.74) is 1.33. The Kier molecular flexibility index (Phi) is 4.30. The van der Waals surface area contributed by atoms with E-state index in [4.69, 9.17) is 22.4 Å². The SMILES string of the molecule is CC(N)(C(=O)Nc1ccc(Cl)c(C(=O)O)c1)C(F)(F)F. The Hall–Kier alpha value is -1.80.